The van der Waals surface area contributed by atoms with Gasteiger partial charge in [0.2, 0.25) is 0 Å². The summed E-state index contributed by atoms with van der Waals surface area (Å²) in [5.74, 6) is 0. The number of rotatable bonds is 3. The van der Waals surface area contributed by atoms with E-state index in [0.717, 1.165) is 17.8 Å². The predicted octanol–water partition coefficient (Wildman–Crippen LogP) is 1.50. The van der Waals surface area contributed by atoms with Crippen molar-refractivity contribution >= 4 is 11.7 Å². The number of para-hydroxylation sites is 1. The lowest BCUT2D eigenvalue weighted by atomic mass is 10.2. The van der Waals surface area contributed by atoms with E-state index in [2.05, 4.69) is 10.6 Å². The van der Waals surface area contributed by atoms with Crippen LogP contribution < -0.4 is 10.6 Å². The molecule has 4 heteroatoms. The molecule has 0 spiro atoms. The first-order chi connectivity index (χ1) is 7.15. The predicted molar refractivity (Wildman–Crippen MR) is 61.9 cm³/mol. The van der Waals surface area contributed by atoms with Crippen molar-refractivity contribution in [2.75, 3.05) is 26.5 Å². The standard InChI is InChI=1S/C11H17N3O/c1-12-8-9-6-4-5-7-10(9)13-11(15)14(2)3/h4-7,12H,8H2,1-3H3,(H,13,15). The average molecular weight is 207 g/mol. The highest BCUT2D eigenvalue weighted by molar-refractivity contribution is 5.89. The molecule has 15 heavy (non-hydrogen) atoms. The molecular weight excluding hydrogens is 190 g/mol. The first-order valence-electron chi connectivity index (χ1n) is 4.86. The van der Waals surface area contributed by atoms with E-state index in [9.17, 15) is 4.79 Å². The van der Waals surface area contributed by atoms with Crippen molar-refractivity contribution in [3.05, 3.63) is 29.8 Å². The van der Waals surface area contributed by atoms with Crippen LogP contribution in [0.15, 0.2) is 24.3 Å². The Morgan fingerprint density at radius 3 is 2.60 bits per heavy atom. The van der Waals surface area contributed by atoms with Crippen LogP contribution >= 0.6 is 0 Å². The van der Waals surface area contributed by atoms with Crippen molar-refractivity contribution in [1.29, 1.82) is 0 Å². The molecule has 1 aromatic carbocycles. The van der Waals surface area contributed by atoms with Crippen molar-refractivity contribution in [3.8, 4) is 0 Å². The van der Waals surface area contributed by atoms with Crippen LogP contribution in [0.3, 0.4) is 0 Å². The number of amides is 2. The lowest BCUT2D eigenvalue weighted by Gasteiger charge is -2.14. The molecule has 82 valence electrons. The first kappa shape index (κ1) is 11.5. The molecule has 0 aromatic heterocycles. The minimum Gasteiger partial charge on any atom is -0.331 e. The smallest absolute Gasteiger partial charge is 0.321 e. The van der Waals surface area contributed by atoms with E-state index in [-0.39, 0.29) is 6.03 Å². The third-order valence-corrected chi connectivity index (χ3v) is 2.03. The summed E-state index contributed by atoms with van der Waals surface area (Å²) < 4.78 is 0. The Balaban J connectivity index is 2.79. The Hall–Kier alpha value is -1.55. The number of hydrogen-bond acceptors (Lipinski definition) is 2. The van der Waals surface area contributed by atoms with Crippen LogP contribution in [0, 0.1) is 0 Å². The van der Waals surface area contributed by atoms with Crippen LogP contribution in [0.4, 0.5) is 10.5 Å². The third kappa shape index (κ3) is 3.25. The van der Waals surface area contributed by atoms with Crippen molar-refractivity contribution in [1.82, 2.24) is 10.2 Å². The van der Waals surface area contributed by atoms with Crippen molar-refractivity contribution in [3.63, 3.8) is 0 Å². The molecule has 0 heterocycles. The molecule has 0 atom stereocenters. The summed E-state index contributed by atoms with van der Waals surface area (Å²) in [4.78, 5) is 13.0. The number of anilines is 1. The van der Waals surface area contributed by atoms with E-state index in [1.54, 1.807) is 14.1 Å². The van der Waals surface area contributed by atoms with E-state index in [1.807, 2.05) is 31.3 Å². The quantitative estimate of drug-likeness (QED) is 0.789. The number of hydrogen-bond donors (Lipinski definition) is 2. The van der Waals surface area contributed by atoms with Crippen LogP contribution in [0.5, 0.6) is 0 Å². The normalized spacial score (nSPS) is 9.80. The largest absolute Gasteiger partial charge is 0.331 e. The molecule has 0 aliphatic rings. The van der Waals surface area contributed by atoms with Gasteiger partial charge < -0.3 is 15.5 Å². The summed E-state index contributed by atoms with van der Waals surface area (Å²) in [6.45, 7) is 0.740. The second kappa shape index (κ2) is 5.36. The highest BCUT2D eigenvalue weighted by Gasteiger charge is 2.06. The maximum absolute atomic E-state index is 11.5. The fourth-order valence-corrected chi connectivity index (χ4v) is 1.21. The Morgan fingerprint density at radius 1 is 1.33 bits per heavy atom. The summed E-state index contributed by atoms with van der Waals surface area (Å²) >= 11 is 0. The summed E-state index contributed by atoms with van der Waals surface area (Å²) in [7, 11) is 5.32. The summed E-state index contributed by atoms with van der Waals surface area (Å²) in [6, 6.07) is 7.64. The number of nitrogens with one attached hydrogen (secondary N) is 2. The molecule has 0 radical (unpaired) electrons. The highest BCUT2D eigenvalue weighted by Crippen LogP contribution is 2.14. The van der Waals surface area contributed by atoms with Gasteiger partial charge >= 0.3 is 6.03 Å². The molecule has 0 saturated carbocycles. The van der Waals surface area contributed by atoms with Crippen LogP contribution in [0.1, 0.15) is 5.56 Å². The van der Waals surface area contributed by atoms with Crippen molar-refractivity contribution in [2.24, 2.45) is 0 Å². The maximum Gasteiger partial charge on any atom is 0.321 e. The zero-order valence-electron chi connectivity index (χ0n) is 9.37. The van der Waals surface area contributed by atoms with Gasteiger partial charge in [-0.15, -0.1) is 0 Å². The van der Waals surface area contributed by atoms with Crippen LogP contribution in [0.25, 0.3) is 0 Å². The summed E-state index contributed by atoms with van der Waals surface area (Å²) in [5.41, 5.74) is 1.93. The van der Waals surface area contributed by atoms with Gasteiger partial charge in [-0.05, 0) is 18.7 Å². The molecule has 0 aliphatic carbocycles. The molecule has 2 N–H and O–H groups in total. The molecule has 0 saturated heterocycles. The van der Waals surface area contributed by atoms with Gasteiger partial charge in [-0.2, -0.15) is 0 Å². The Morgan fingerprint density at radius 2 is 2.00 bits per heavy atom. The lowest BCUT2D eigenvalue weighted by molar-refractivity contribution is 0.230. The van der Waals surface area contributed by atoms with Gasteiger partial charge in [-0.1, -0.05) is 18.2 Å². The topological polar surface area (TPSA) is 44.4 Å². The maximum atomic E-state index is 11.5. The number of urea groups is 1. The van der Waals surface area contributed by atoms with Gasteiger partial charge in [-0.3, -0.25) is 0 Å². The Kier molecular flexibility index (Phi) is 4.12. The van der Waals surface area contributed by atoms with Crippen LogP contribution in [0.2, 0.25) is 0 Å². The minimum atomic E-state index is -0.112. The van der Waals surface area contributed by atoms with Crippen molar-refractivity contribution in [2.45, 2.75) is 6.54 Å². The van der Waals surface area contributed by atoms with E-state index in [1.165, 1.54) is 4.90 Å². The first-order valence-corrected chi connectivity index (χ1v) is 4.86. The second-order valence-electron chi connectivity index (χ2n) is 3.51. The molecule has 0 aliphatic heterocycles. The van der Waals surface area contributed by atoms with E-state index < -0.39 is 0 Å². The number of carbonyl (C=O) groups excluding carboxylic acids is 1. The zero-order valence-corrected chi connectivity index (χ0v) is 9.37. The Bertz CT molecular complexity index is 336. The number of carbonyl (C=O) groups is 1. The van der Waals surface area contributed by atoms with Gasteiger partial charge in [0, 0.05) is 26.3 Å². The monoisotopic (exact) mass is 207 g/mol. The van der Waals surface area contributed by atoms with Gasteiger partial charge in [-0.25, -0.2) is 4.79 Å². The molecule has 0 unspecified atom stereocenters. The number of nitrogens with zero attached hydrogens (tertiary/aromatic N) is 1. The molecule has 0 fully saturated rings. The average Bonchev–Trinajstić information content (AvgIpc) is 2.21. The van der Waals surface area contributed by atoms with Gasteiger partial charge in [0.15, 0.2) is 0 Å². The second-order valence-corrected chi connectivity index (χ2v) is 3.51. The van der Waals surface area contributed by atoms with Gasteiger partial charge in [0.1, 0.15) is 0 Å². The fourth-order valence-electron chi connectivity index (χ4n) is 1.21. The van der Waals surface area contributed by atoms with Gasteiger partial charge in [0.05, 0.1) is 0 Å². The molecule has 0 bridgehead atoms. The lowest BCUT2D eigenvalue weighted by Crippen LogP contribution is -2.28. The van der Waals surface area contributed by atoms with E-state index in [0.29, 0.717) is 0 Å². The van der Waals surface area contributed by atoms with E-state index >= 15 is 0 Å². The third-order valence-electron chi connectivity index (χ3n) is 2.03. The van der Waals surface area contributed by atoms with Crippen LogP contribution in [-0.4, -0.2) is 32.1 Å². The molecule has 1 rings (SSSR count). The fraction of sp³-hybridized carbons (Fsp3) is 0.364. The molecule has 2 amide bonds. The summed E-state index contributed by atoms with van der Waals surface area (Å²) in [6.07, 6.45) is 0. The molecule has 1 aromatic rings. The minimum absolute atomic E-state index is 0.112. The summed E-state index contributed by atoms with van der Waals surface area (Å²) in [5, 5.41) is 5.90. The zero-order chi connectivity index (χ0) is 11.3. The van der Waals surface area contributed by atoms with Crippen molar-refractivity contribution < 1.29 is 4.79 Å². The molecule has 4 nitrogen and oxygen atoms in total. The van der Waals surface area contributed by atoms with E-state index in [4.69, 9.17) is 0 Å². The molecular formula is C11H17N3O. The van der Waals surface area contributed by atoms with Gasteiger partial charge in [0.25, 0.3) is 0 Å². The van der Waals surface area contributed by atoms with Crippen LogP contribution in [-0.2, 0) is 6.54 Å². The Labute approximate surface area is 90.3 Å². The SMILES string of the molecule is CNCc1ccccc1NC(=O)N(C)C. The highest BCUT2D eigenvalue weighted by atomic mass is 16.2. The number of benzene rings is 1.